The zero-order valence-electron chi connectivity index (χ0n) is 15.8. The van der Waals surface area contributed by atoms with Gasteiger partial charge >= 0.3 is 11.9 Å². The number of carbonyl (C=O) groups is 2. The molecule has 1 aromatic rings. The van der Waals surface area contributed by atoms with Crippen molar-refractivity contribution in [1.82, 2.24) is 4.98 Å². The highest BCUT2D eigenvalue weighted by atomic mass is 79.9. The molecule has 1 aliphatic rings. The lowest BCUT2D eigenvalue weighted by atomic mass is 9.91. The van der Waals surface area contributed by atoms with E-state index in [0.717, 1.165) is 0 Å². The van der Waals surface area contributed by atoms with E-state index in [-0.39, 0.29) is 18.3 Å². The summed E-state index contributed by atoms with van der Waals surface area (Å²) in [5.41, 5.74) is 8.44. The van der Waals surface area contributed by atoms with Crippen LogP contribution in [0.2, 0.25) is 0 Å². The fourth-order valence-corrected chi connectivity index (χ4v) is 4.51. The highest BCUT2D eigenvalue weighted by Gasteiger charge is 2.46. The molecule has 0 aliphatic carbocycles. The van der Waals surface area contributed by atoms with E-state index in [0.29, 0.717) is 9.37 Å². The van der Waals surface area contributed by atoms with E-state index in [1.165, 1.54) is 31.8 Å². The Morgan fingerprint density at radius 2 is 2.17 bits per heavy atom. The van der Waals surface area contributed by atoms with Gasteiger partial charge in [-0.15, -0.1) is 16.7 Å². The molecule has 1 aliphatic heterocycles. The van der Waals surface area contributed by atoms with Gasteiger partial charge in [0.15, 0.2) is 0 Å². The van der Waals surface area contributed by atoms with E-state index < -0.39 is 35.6 Å². The van der Waals surface area contributed by atoms with E-state index in [1.807, 2.05) is 0 Å². The van der Waals surface area contributed by atoms with E-state index >= 15 is 0 Å². The molecule has 1 saturated heterocycles. The minimum Gasteiger partial charge on any atom is -0.463 e. The molecule has 0 spiro atoms. The summed E-state index contributed by atoms with van der Waals surface area (Å²) in [7, 11) is 0. The van der Waals surface area contributed by atoms with Gasteiger partial charge in [-0.25, -0.2) is 0 Å². The van der Waals surface area contributed by atoms with Crippen molar-refractivity contribution in [2.24, 2.45) is 11.0 Å². The van der Waals surface area contributed by atoms with Crippen LogP contribution in [0.5, 0.6) is 0 Å². The topological polar surface area (TPSA) is 128 Å². The van der Waals surface area contributed by atoms with Gasteiger partial charge in [0.2, 0.25) is 0 Å². The first-order valence-electron chi connectivity index (χ1n) is 8.46. The molecule has 2 rings (SSSR count). The molecule has 10 nitrogen and oxygen atoms in total. The highest BCUT2D eigenvalue weighted by Crippen LogP contribution is 2.42. The van der Waals surface area contributed by atoms with Crippen molar-refractivity contribution in [3.8, 4) is 0 Å². The lowest BCUT2D eigenvalue weighted by Crippen LogP contribution is -2.55. The number of pyridine rings is 1. The number of halogens is 1. The fraction of sp³-hybridized carbons (Fsp3) is 0.529. The minimum absolute atomic E-state index is 0.180. The summed E-state index contributed by atoms with van der Waals surface area (Å²) >= 11 is 4.56. The first-order valence-corrected chi connectivity index (χ1v) is 10.1. The van der Waals surface area contributed by atoms with Gasteiger partial charge < -0.3 is 19.1 Å². The van der Waals surface area contributed by atoms with Gasteiger partial charge in [0.05, 0.1) is 10.5 Å². The second-order valence-corrected chi connectivity index (χ2v) is 8.23. The van der Waals surface area contributed by atoms with Crippen LogP contribution >= 0.6 is 27.7 Å². The van der Waals surface area contributed by atoms with Crippen molar-refractivity contribution >= 4 is 45.4 Å². The Balaban J connectivity index is 2.37. The molecule has 0 aromatic carbocycles. The van der Waals surface area contributed by atoms with Gasteiger partial charge in [0, 0.05) is 29.6 Å². The third-order valence-corrected chi connectivity index (χ3v) is 5.83. The fourth-order valence-electron chi connectivity index (χ4n) is 2.80. The van der Waals surface area contributed by atoms with E-state index in [4.69, 9.17) is 26.3 Å². The zero-order valence-corrected chi connectivity index (χ0v) is 18.2. The number of rotatable bonds is 6. The monoisotopic (exact) mass is 483 g/mol. The smallest absolute Gasteiger partial charge is 0.303 e. The Morgan fingerprint density at radius 1 is 1.45 bits per heavy atom. The molecule has 29 heavy (non-hydrogen) atoms. The number of carbonyl (C=O) groups excluding carboxylic acids is 2. The Kier molecular flexibility index (Phi) is 8.28. The standard InChI is InChI=1S/C17H18BrN5O5S/c1-8-14(22-23-19)15(27-10(3)25)12(7-26-9(2)24)28-17(8)29-13-5-11(18)6-21-16(13)20-4/h5-6,8,12,14-15,17H,7H2,1-3H3/t8?,12?,14-,15+,17-/m1/s1. The van der Waals surface area contributed by atoms with Gasteiger partial charge in [0.1, 0.15) is 30.4 Å². The second-order valence-electron chi connectivity index (χ2n) is 6.18. The molecule has 1 aromatic heterocycles. The average Bonchev–Trinajstić information content (AvgIpc) is 2.65. The summed E-state index contributed by atoms with van der Waals surface area (Å²) < 4.78 is 17.1. The van der Waals surface area contributed by atoms with Crippen molar-refractivity contribution < 1.29 is 23.8 Å². The molecule has 154 valence electrons. The van der Waals surface area contributed by atoms with Crippen LogP contribution in [-0.2, 0) is 23.8 Å². The van der Waals surface area contributed by atoms with Crippen LogP contribution < -0.4 is 0 Å². The molecule has 2 unspecified atom stereocenters. The average molecular weight is 484 g/mol. The van der Waals surface area contributed by atoms with E-state index in [1.54, 1.807) is 13.0 Å². The number of nitrogens with zero attached hydrogens (tertiary/aromatic N) is 5. The number of hydrogen-bond acceptors (Lipinski definition) is 8. The number of ether oxygens (including phenoxy) is 3. The van der Waals surface area contributed by atoms with Crippen LogP contribution in [0.4, 0.5) is 5.82 Å². The predicted molar refractivity (Wildman–Crippen MR) is 107 cm³/mol. The Labute approximate surface area is 179 Å². The van der Waals surface area contributed by atoms with Crippen molar-refractivity contribution in [2.75, 3.05) is 6.61 Å². The molecular formula is C17H18BrN5O5S. The summed E-state index contributed by atoms with van der Waals surface area (Å²) in [5, 5.41) is 3.81. The summed E-state index contributed by atoms with van der Waals surface area (Å²) in [5.74, 6) is -1.28. The van der Waals surface area contributed by atoms with Gasteiger partial charge in [-0.1, -0.05) is 18.6 Å². The first-order chi connectivity index (χ1) is 13.8. The second kappa shape index (κ2) is 10.5. The molecule has 2 heterocycles. The van der Waals surface area contributed by atoms with Crippen molar-refractivity contribution in [2.45, 2.75) is 49.4 Å². The number of azide groups is 1. The summed E-state index contributed by atoms with van der Waals surface area (Å²) in [4.78, 5) is 33.8. The van der Waals surface area contributed by atoms with E-state index in [9.17, 15) is 9.59 Å². The van der Waals surface area contributed by atoms with Crippen LogP contribution in [0.25, 0.3) is 15.3 Å². The van der Waals surface area contributed by atoms with Crippen LogP contribution in [0.3, 0.4) is 0 Å². The predicted octanol–water partition coefficient (Wildman–Crippen LogP) is 4.02. The van der Waals surface area contributed by atoms with Crippen LogP contribution in [-0.4, -0.2) is 47.2 Å². The van der Waals surface area contributed by atoms with Crippen molar-refractivity contribution in [3.63, 3.8) is 0 Å². The maximum Gasteiger partial charge on any atom is 0.303 e. The molecule has 12 heteroatoms. The summed E-state index contributed by atoms with van der Waals surface area (Å²) in [6, 6.07) is 0.982. The third kappa shape index (κ3) is 6.08. The lowest BCUT2D eigenvalue weighted by molar-refractivity contribution is -0.182. The third-order valence-electron chi connectivity index (χ3n) is 4.07. The number of aromatic nitrogens is 1. The SMILES string of the molecule is [C-]#[N+]c1ncc(Br)cc1S[C@H]1OC(COC(C)=O)[C@H](OC(C)=O)[C@H](N=[N+]=[N-])C1C. The van der Waals surface area contributed by atoms with Crippen molar-refractivity contribution in [1.29, 1.82) is 0 Å². The first kappa shape index (κ1) is 23.0. The maximum absolute atomic E-state index is 11.6. The Morgan fingerprint density at radius 3 is 2.76 bits per heavy atom. The molecule has 5 atom stereocenters. The Bertz CT molecular complexity index is 872. The Hall–Kier alpha value is -2.32. The molecule has 0 N–H and O–H groups in total. The number of esters is 2. The van der Waals surface area contributed by atoms with Crippen LogP contribution in [0.15, 0.2) is 26.7 Å². The maximum atomic E-state index is 11.6. The minimum atomic E-state index is -0.921. The molecule has 0 amide bonds. The molecule has 0 radical (unpaired) electrons. The molecule has 0 saturated carbocycles. The molecule has 0 bridgehead atoms. The van der Waals surface area contributed by atoms with Crippen molar-refractivity contribution in [3.05, 3.63) is 38.6 Å². The van der Waals surface area contributed by atoms with E-state index in [2.05, 4.69) is 35.8 Å². The molecule has 1 fully saturated rings. The quantitative estimate of drug-likeness (QED) is 0.196. The summed E-state index contributed by atoms with van der Waals surface area (Å²) in [6.45, 7) is 11.4. The molecular weight excluding hydrogens is 466 g/mol. The van der Waals surface area contributed by atoms with Gasteiger partial charge in [-0.3, -0.25) is 9.59 Å². The van der Waals surface area contributed by atoms with Gasteiger partial charge in [-0.05, 0) is 27.5 Å². The van der Waals surface area contributed by atoms with Gasteiger partial charge in [-0.2, -0.15) is 0 Å². The zero-order chi connectivity index (χ0) is 21.6. The van der Waals surface area contributed by atoms with Crippen LogP contribution in [0.1, 0.15) is 20.8 Å². The largest absolute Gasteiger partial charge is 0.463 e. The van der Waals surface area contributed by atoms with Gasteiger partial charge in [0.25, 0.3) is 5.82 Å². The lowest BCUT2D eigenvalue weighted by Gasteiger charge is -2.43. The van der Waals surface area contributed by atoms with Crippen LogP contribution in [0, 0.1) is 12.5 Å². The summed E-state index contributed by atoms with van der Waals surface area (Å²) in [6.07, 6.45) is -0.245. The number of hydrogen-bond donors (Lipinski definition) is 0. The normalized spacial score (nSPS) is 26.0. The highest BCUT2D eigenvalue weighted by molar-refractivity contribution is 9.10. The number of thioether (sulfide) groups is 1.